The smallest absolute Gasteiger partial charge is 0.320 e. The van der Waals surface area contributed by atoms with Gasteiger partial charge in [-0.05, 0) is 13.5 Å². The predicted octanol–water partition coefficient (Wildman–Crippen LogP) is -0.865. The van der Waals surface area contributed by atoms with E-state index in [4.69, 9.17) is 15.3 Å². The van der Waals surface area contributed by atoms with Crippen LogP contribution in [0.3, 0.4) is 0 Å². The van der Waals surface area contributed by atoms with E-state index in [1.807, 2.05) is 0 Å². The maximum Gasteiger partial charge on any atom is 0.320 e. The third kappa shape index (κ3) is 4.21. The number of hydrogen-bond acceptors (Lipinski definition) is 4. The van der Waals surface area contributed by atoms with Gasteiger partial charge in [-0.15, -0.1) is 0 Å². The van der Waals surface area contributed by atoms with Crippen LogP contribution in [0.1, 0.15) is 13.3 Å². The monoisotopic (exact) mass is 191 g/mol. The fourth-order valence-corrected chi connectivity index (χ4v) is 1.19. The van der Waals surface area contributed by atoms with Crippen molar-refractivity contribution in [1.29, 1.82) is 0 Å². The Labute approximate surface area is 77.6 Å². The van der Waals surface area contributed by atoms with Crippen molar-refractivity contribution >= 4 is 5.97 Å². The summed E-state index contributed by atoms with van der Waals surface area (Å²) in [5.41, 5.74) is 0. The molecule has 0 aliphatic rings. The highest BCUT2D eigenvalue weighted by Crippen LogP contribution is 2.02. The quantitative estimate of drug-likeness (QED) is 0.508. The lowest BCUT2D eigenvalue weighted by Crippen LogP contribution is -2.42. The largest absolute Gasteiger partial charge is 0.480 e. The number of rotatable bonds is 6. The van der Waals surface area contributed by atoms with Gasteiger partial charge in [-0.2, -0.15) is 0 Å². The van der Waals surface area contributed by atoms with Gasteiger partial charge in [0.15, 0.2) is 0 Å². The molecule has 0 aromatic carbocycles. The number of aliphatic hydroxyl groups is 2. The summed E-state index contributed by atoms with van der Waals surface area (Å²) in [6.07, 6.45) is -0.400. The van der Waals surface area contributed by atoms with E-state index in [0.717, 1.165) is 0 Å². The standard InChI is InChI=1S/C8H17NO4/c1-3-7(8(12)13)9(2)4-6(11)5-10/h6-7,10-11H,3-5H2,1-2H3,(H,12,13). The Kier molecular flexibility index (Phi) is 5.61. The summed E-state index contributed by atoms with van der Waals surface area (Å²) in [5.74, 6) is -0.907. The molecule has 0 radical (unpaired) electrons. The van der Waals surface area contributed by atoms with Gasteiger partial charge in [-0.3, -0.25) is 9.69 Å². The van der Waals surface area contributed by atoms with Crippen molar-refractivity contribution in [3.63, 3.8) is 0 Å². The van der Waals surface area contributed by atoms with Crippen LogP contribution in [0, 0.1) is 0 Å². The average molecular weight is 191 g/mol. The molecular weight excluding hydrogens is 174 g/mol. The van der Waals surface area contributed by atoms with E-state index in [1.54, 1.807) is 14.0 Å². The van der Waals surface area contributed by atoms with Crippen molar-refractivity contribution in [3.8, 4) is 0 Å². The second-order valence-corrected chi connectivity index (χ2v) is 3.04. The number of carbonyl (C=O) groups is 1. The van der Waals surface area contributed by atoms with E-state index in [2.05, 4.69) is 0 Å². The summed E-state index contributed by atoms with van der Waals surface area (Å²) in [5, 5.41) is 26.4. The molecule has 2 atom stereocenters. The highest BCUT2D eigenvalue weighted by atomic mass is 16.4. The Morgan fingerprint density at radius 2 is 2.08 bits per heavy atom. The number of carboxylic acid groups (broad SMARTS) is 1. The lowest BCUT2D eigenvalue weighted by atomic mass is 10.2. The maximum atomic E-state index is 10.7. The zero-order valence-electron chi connectivity index (χ0n) is 7.97. The first kappa shape index (κ1) is 12.3. The number of carboxylic acids is 1. The van der Waals surface area contributed by atoms with Crippen molar-refractivity contribution < 1.29 is 20.1 Å². The van der Waals surface area contributed by atoms with Gasteiger partial charge in [0.05, 0.1) is 12.7 Å². The number of nitrogens with zero attached hydrogens (tertiary/aromatic N) is 1. The Bertz CT molecular complexity index is 162. The van der Waals surface area contributed by atoms with Crippen LogP contribution in [-0.2, 0) is 4.79 Å². The molecule has 0 aliphatic carbocycles. The molecule has 0 spiro atoms. The Morgan fingerprint density at radius 3 is 2.38 bits per heavy atom. The molecule has 0 saturated heterocycles. The number of likely N-dealkylation sites (N-methyl/N-ethyl adjacent to an activating group) is 1. The molecule has 0 aromatic heterocycles. The predicted molar refractivity (Wildman–Crippen MR) is 47.4 cm³/mol. The Balaban J connectivity index is 4.05. The second kappa shape index (κ2) is 5.90. The lowest BCUT2D eigenvalue weighted by molar-refractivity contribution is -0.143. The van der Waals surface area contributed by atoms with Gasteiger partial charge in [0, 0.05) is 6.54 Å². The van der Waals surface area contributed by atoms with Gasteiger partial charge in [0.2, 0.25) is 0 Å². The molecule has 0 aliphatic heterocycles. The van der Waals surface area contributed by atoms with Crippen LogP contribution in [0.5, 0.6) is 0 Å². The minimum atomic E-state index is -0.907. The SMILES string of the molecule is CCC(C(=O)O)N(C)CC(O)CO. The molecule has 0 aromatic rings. The van der Waals surface area contributed by atoms with E-state index in [0.29, 0.717) is 6.42 Å². The first-order chi connectivity index (χ1) is 6.02. The van der Waals surface area contributed by atoms with Crippen LogP contribution >= 0.6 is 0 Å². The van der Waals surface area contributed by atoms with Gasteiger partial charge in [-0.1, -0.05) is 6.92 Å². The van der Waals surface area contributed by atoms with Crippen LogP contribution < -0.4 is 0 Å². The van der Waals surface area contributed by atoms with Crippen molar-refractivity contribution in [2.75, 3.05) is 20.2 Å². The summed E-state index contributed by atoms with van der Waals surface area (Å²) in [6, 6.07) is -0.596. The molecule has 0 amide bonds. The maximum absolute atomic E-state index is 10.7. The summed E-state index contributed by atoms with van der Waals surface area (Å²) < 4.78 is 0. The molecule has 3 N–H and O–H groups in total. The summed E-state index contributed by atoms with van der Waals surface area (Å²) in [4.78, 5) is 12.2. The van der Waals surface area contributed by atoms with E-state index < -0.39 is 18.1 Å². The minimum Gasteiger partial charge on any atom is -0.480 e. The molecule has 0 saturated carbocycles. The lowest BCUT2D eigenvalue weighted by Gasteiger charge is -2.24. The molecule has 0 bridgehead atoms. The van der Waals surface area contributed by atoms with Crippen molar-refractivity contribution in [1.82, 2.24) is 4.90 Å². The first-order valence-corrected chi connectivity index (χ1v) is 4.24. The molecule has 13 heavy (non-hydrogen) atoms. The summed E-state index contributed by atoms with van der Waals surface area (Å²) >= 11 is 0. The molecule has 5 nitrogen and oxygen atoms in total. The van der Waals surface area contributed by atoms with Crippen LogP contribution in [-0.4, -0.2) is 58.5 Å². The normalized spacial score (nSPS) is 15.8. The highest BCUT2D eigenvalue weighted by molar-refractivity contribution is 5.73. The van der Waals surface area contributed by atoms with Gasteiger partial charge in [0.25, 0.3) is 0 Å². The van der Waals surface area contributed by atoms with Crippen molar-refractivity contribution in [2.24, 2.45) is 0 Å². The van der Waals surface area contributed by atoms with Crippen LogP contribution in [0.2, 0.25) is 0 Å². The van der Waals surface area contributed by atoms with E-state index in [1.165, 1.54) is 4.90 Å². The molecule has 78 valence electrons. The summed E-state index contributed by atoms with van der Waals surface area (Å²) in [7, 11) is 1.61. The van der Waals surface area contributed by atoms with E-state index in [9.17, 15) is 4.79 Å². The van der Waals surface area contributed by atoms with Gasteiger partial charge in [0.1, 0.15) is 6.04 Å². The highest BCUT2D eigenvalue weighted by Gasteiger charge is 2.21. The molecule has 0 heterocycles. The number of aliphatic carboxylic acids is 1. The second-order valence-electron chi connectivity index (χ2n) is 3.04. The third-order valence-electron chi connectivity index (χ3n) is 1.91. The van der Waals surface area contributed by atoms with E-state index in [-0.39, 0.29) is 13.2 Å². The zero-order chi connectivity index (χ0) is 10.4. The van der Waals surface area contributed by atoms with Crippen LogP contribution in [0.15, 0.2) is 0 Å². The number of hydrogen-bond donors (Lipinski definition) is 3. The number of aliphatic hydroxyl groups excluding tert-OH is 2. The fourth-order valence-electron chi connectivity index (χ4n) is 1.19. The van der Waals surface area contributed by atoms with Gasteiger partial charge >= 0.3 is 5.97 Å². The third-order valence-corrected chi connectivity index (χ3v) is 1.91. The molecule has 5 heteroatoms. The molecule has 0 fully saturated rings. The first-order valence-electron chi connectivity index (χ1n) is 4.24. The average Bonchev–Trinajstić information content (AvgIpc) is 2.04. The van der Waals surface area contributed by atoms with Crippen LogP contribution in [0.25, 0.3) is 0 Å². The Morgan fingerprint density at radius 1 is 1.54 bits per heavy atom. The fraction of sp³-hybridized carbons (Fsp3) is 0.875. The van der Waals surface area contributed by atoms with Crippen molar-refractivity contribution in [2.45, 2.75) is 25.5 Å². The molecule has 2 unspecified atom stereocenters. The zero-order valence-corrected chi connectivity index (χ0v) is 7.97. The summed E-state index contributed by atoms with van der Waals surface area (Å²) in [6.45, 7) is 1.59. The minimum absolute atomic E-state index is 0.168. The van der Waals surface area contributed by atoms with Gasteiger partial charge < -0.3 is 15.3 Å². The van der Waals surface area contributed by atoms with Gasteiger partial charge in [-0.25, -0.2) is 0 Å². The van der Waals surface area contributed by atoms with Crippen molar-refractivity contribution in [3.05, 3.63) is 0 Å². The van der Waals surface area contributed by atoms with Crippen LogP contribution in [0.4, 0.5) is 0 Å². The van der Waals surface area contributed by atoms with E-state index >= 15 is 0 Å². The molecule has 0 rings (SSSR count). The topological polar surface area (TPSA) is 81.0 Å². The Hall–Kier alpha value is -0.650. The molecular formula is C8H17NO4.